The number of methoxy groups -OCH3 is 1. The Morgan fingerprint density at radius 2 is 1.73 bits per heavy atom. The largest absolute Gasteiger partial charge is 0.464 e. The molecule has 0 aromatic heterocycles. The SMILES string of the molecule is COC(=O)/C(CC(=O)C(C)(C)C)=N/NC(=O)c1ccccc1. The smallest absolute Gasteiger partial charge is 0.354 e. The van der Waals surface area contributed by atoms with Crippen LogP contribution >= 0.6 is 0 Å². The van der Waals surface area contributed by atoms with E-state index in [1.165, 1.54) is 7.11 Å². The van der Waals surface area contributed by atoms with Gasteiger partial charge in [0.1, 0.15) is 5.78 Å². The van der Waals surface area contributed by atoms with Crippen LogP contribution in [-0.2, 0) is 14.3 Å². The molecule has 0 saturated heterocycles. The molecule has 1 N–H and O–H groups in total. The van der Waals surface area contributed by atoms with Crippen LogP contribution < -0.4 is 5.43 Å². The van der Waals surface area contributed by atoms with E-state index in [2.05, 4.69) is 15.3 Å². The summed E-state index contributed by atoms with van der Waals surface area (Å²) < 4.78 is 4.59. The van der Waals surface area contributed by atoms with Gasteiger partial charge in [-0.2, -0.15) is 5.10 Å². The summed E-state index contributed by atoms with van der Waals surface area (Å²) in [6.07, 6.45) is -0.203. The number of hydrazone groups is 1. The van der Waals surface area contributed by atoms with E-state index in [1.807, 2.05) is 0 Å². The minimum Gasteiger partial charge on any atom is -0.464 e. The number of ether oxygens (including phenoxy) is 1. The summed E-state index contributed by atoms with van der Waals surface area (Å²) in [6, 6.07) is 8.43. The number of amides is 1. The van der Waals surface area contributed by atoms with Gasteiger partial charge in [0, 0.05) is 11.0 Å². The number of nitrogens with one attached hydrogen (secondary N) is 1. The van der Waals surface area contributed by atoms with Gasteiger partial charge in [0.25, 0.3) is 5.91 Å². The molecule has 0 fully saturated rings. The number of hydrogen-bond donors (Lipinski definition) is 1. The zero-order valence-electron chi connectivity index (χ0n) is 13.2. The number of nitrogens with zero attached hydrogens (tertiary/aromatic N) is 1. The molecular formula is C16H20N2O4. The Morgan fingerprint density at radius 3 is 2.23 bits per heavy atom. The highest BCUT2D eigenvalue weighted by Crippen LogP contribution is 2.17. The lowest BCUT2D eigenvalue weighted by Crippen LogP contribution is -2.30. The second-order valence-corrected chi connectivity index (χ2v) is 5.71. The normalized spacial score (nSPS) is 11.7. The molecule has 0 bridgehead atoms. The summed E-state index contributed by atoms with van der Waals surface area (Å²) in [7, 11) is 1.19. The third-order valence-corrected chi connectivity index (χ3v) is 2.91. The van der Waals surface area contributed by atoms with Gasteiger partial charge >= 0.3 is 5.97 Å². The van der Waals surface area contributed by atoms with Gasteiger partial charge in [0.05, 0.1) is 13.5 Å². The zero-order valence-corrected chi connectivity index (χ0v) is 13.2. The molecule has 0 aliphatic carbocycles. The van der Waals surface area contributed by atoms with Gasteiger partial charge in [-0.15, -0.1) is 0 Å². The van der Waals surface area contributed by atoms with E-state index in [-0.39, 0.29) is 17.9 Å². The van der Waals surface area contributed by atoms with Crippen LogP contribution in [0.5, 0.6) is 0 Å². The molecule has 0 aliphatic rings. The molecule has 6 heteroatoms. The predicted octanol–water partition coefficient (Wildman–Crippen LogP) is 1.95. The number of hydrogen-bond acceptors (Lipinski definition) is 5. The number of carbonyl (C=O) groups is 3. The maximum Gasteiger partial charge on any atom is 0.354 e. The highest BCUT2D eigenvalue weighted by molar-refractivity contribution is 6.40. The van der Waals surface area contributed by atoms with Gasteiger partial charge in [-0.3, -0.25) is 9.59 Å². The third kappa shape index (κ3) is 5.12. The molecule has 22 heavy (non-hydrogen) atoms. The van der Waals surface area contributed by atoms with Crippen molar-refractivity contribution in [3.05, 3.63) is 35.9 Å². The summed E-state index contributed by atoms with van der Waals surface area (Å²) in [5.74, 6) is -1.39. The fourth-order valence-electron chi connectivity index (χ4n) is 1.46. The van der Waals surface area contributed by atoms with Crippen molar-refractivity contribution in [3.63, 3.8) is 0 Å². The van der Waals surface area contributed by atoms with E-state index in [9.17, 15) is 14.4 Å². The van der Waals surface area contributed by atoms with Gasteiger partial charge in [-0.25, -0.2) is 10.2 Å². The first-order chi connectivity index (χ1) is 10.3. The van der Waals surface area contributed by atoms with E-state index >= 15 is 0 Å². The maximum atomic E-state index is 12.0. The second kappa shape index (κ2) is 7.49. The molecule has 0 spiro atoms. The Labute approximate surface area is 129 Å². The molecule has 1 aromatic carbocycles. The number of Topliss-reactive ketones (excluding diaryl/α,β-unsaturated/α-hetero) is 1. The molecule has 0 atom stereocenters. The van der Waals surface area contributed by atoms with E-state index in [4.69, 9.17) is 0 Å². The standard InChI is InChI=1S/C16H20N2O4/c1-16(2,3)13(19)10-12(15(21)22-4)17-18-14(20)11-8-6-5-7-9-11/h5-9H,10H2,1-4H3,(H,18,20)/b17-12+. The molecule has 1 amide bonds. The molecular weight excluding hydrogens is 284 g/mol. The number of ketones is 1. The molecule has 118 valence electrons. The summed E-state index contributed by atoms with van der Waals surface area (Å²) in [6.45, 7) is 5.23. The van der Waals surface area contributed by atoms with E-state index in [0.29, 0.717) is 5.56 Å². The lowest BCUT2D eigenvalue weighted by atomic mass is 9.88. The monoisotopic (exact) mass is 304 g/mol. The Hall–Kier alpha value is -2.50. The van der Waals surface area contributed by atoms with Crippen LogP contribution in [-0.4, -0.2) is 30.5 Å². The van der Waals surface area contributed by atoms with Crippen molar-refractivity contribution in [1.29, 1.82) is 0 Å². The number of esters is 1. The van der Waals surface area contributed by atoms with E-state index in [1.54, 1.807) is 51.1 Å². The number of benzene rings is 1. The Kier molecular flexibility index (Phi) is 5.98. The highest BCUT2D eigenvalue weighted by atomic mass is 16.5. The van der Waals surface area contributed by atoms with Gasteiger partial charge in [-0.1, -0.05) is 39.0 Å². The first-order valence-corrected chi connectivity index (χ1v) is 6.79. The Morgan fingerprint density at radius 1 is 1.14 bits per heavy atom. The fourth-order valence-corrected chi connectivity index (χ4v) is 1.46. The van der Waals surface area contributed by atoms with Crippen molar-refractivity contribution >= 4 is 23.4 Å². The summed E-state index contributed by atoms with van der Waals surface area (Å²) in [4.78, 5) is 35.6. The molecule has 0 saturated carbocycles. The number of carbonyl (C=O) groups excluding carboxylic acids is 3. The number of rotatable bonds is 5. The van der Waals surface area contributed by atoms with Crippen LogP contribution in [0.15, 0.2) is 35.4 Å². The minimum absolute atomic E-state index is 0.133. The molecule has 0 aliphatic heterocycles. The summed E-state index contributed by atoms with van der Waals surface area (Å²) >= 11 is 0. The van der Waals surface area contributed by atoms with Crippen molar-refractivity contribution in [1.82, 2.24) is 5.43 Å². The average Bonchev–Trinajstić information content (AvgIpc) is 2.49. The lowest BCUT2D eigenvalue weighted by molar-refractivity contribution is -0.134. The molecule has 0 radical (unpaired) electrons. The van der Waals surface area contributed by atoms with Crippen LogP contribution in [0, 0.1) is 5.41 Å². The zero-order chi connectivity index (χ0) is 16.8. The molecule has 0 heterocycles. The van der Waals surface area contributed by atoms with Gasteiger partial charge in [0.15, 0.2) is 5.71 Å². The van der Waals surface area contributed by atoms with Gasteiger partial charge in [-0.05, 0) is 12.1 Å². The van der Waals surface area contributed by atoms with Crippen molar-refractivity contribution < 1.29 is 19.1 Å². The van der Waals surface area contributed by atoms with Crippen molar-refractivity contribution in [2.24, 2.45) is 10.5 Å². The van der Waals surface area contributed by atoms with Crippen molar-refractivity contribution in [2.45, 2.75) is 27.2 Å². The maximum absolute atomic E-state index is 12.0. The molecule has 1 rings (SSSR count). The topological polar surface area (TPSA) is 84.8 Å². The lowest BCUT2D eigenvalue weighted by Gasteiger charge is -2.16. The minimum atomic E-state index is -0.744. The Bertz CT molecular complexity index is 586. The second-order valence-electron chi connectivity index (χ2n) is 5.71. The van der Waals surface area contributed by atoms with Crippen molar-refractivity contribution in [3.8, 4) is 0 Å². The quantitative estimate of drug-likeness (QED) is 0.512. The van der Waals surface area contributed by atoms with Crippen LogP contribution in [0.25, 0.3) is 0 Å². The van der Waals surface area contributed by atoms with Gasteiger partial charge < -0.3 is 4.74 Å². The first-order valence-electron chi connectivity index (χ1n) is 6.79. The fraction of sp³-hybridized carbons (Fsp3) is 0.375. The molecule has 1 aromatic rings. The molecule has 0 unspecified atom stereocenters. The van der Waals surface area contributed by atoms with Crippen LogP contribution in [0.3, 0.4) is 0 Å². The predicted molar refractivity (Wildman–Crippen MR) is 82.4 cm³/mol. The van der Waals surface area contributed by atoms with Gasteiger partial charge in [0.2, 0.25) is 0 Å². The van der Waals surface area contributed by atoms with Crippen LogP contribution in [0.4, 0.5) is 0 Å². The van der Waals surface area contributed by atoms with E-state index in [0.717, 1.165) is 0 Å². The average molecular weight is 304 g/mol. The summed E-state index contributed by atoms with van der Waals surface area (Å²) in [5.41, 5.74) is 1.92. The van der Waals surface area contributed by atoms with Crippen LogP contribution in [0.2, 0.25) is 0 Å². The van der Waals surface area contributed by atoms with E-state index < -0.39 is 17.3 Å². The van der Waals surface area contributed by atoms with Crippen molar-refractivity contribution in [2.75, 3.05) is 7.11 Å². The van der Waals surface area contributed by atoms with Crippen LogP contribution in [0.1, 0.15) is 37.6 Å². The highest BCUT2D eigenvalue weighted by Gasteiger charge is 2.26. The Balaban J connectivity index is 2.86. The molecule has 6 nitrogen and oxygen atoms in total. The first kappa shape index (κ1) is 17.6. The third-order valence-electron chi connectivity index (χ3n) is 2.91. The summed E-state index contributed by atoms with van der Waals surface area (Å²) in [5, 5.41) is 3.75.